The fourth-order valence-electron chi connectivity index (χ4n) is 4.10. The number of rotatable bonds is 2. The van der Waals surface area contributed by atoms with Gasteiger partial charge in [0.1, 0.15) is 0 Å². The van der Waals surface area contributed by atoms with E-state index in [0.717, 1.165) is 5.92 Å². The van der Waals surface area contributed by atoms with Crippen molar-refractivity contribution in [2.75, 3.05) is 13.1 Å². The summed E-state index contributed by atoms with van der Waals surface area (Å²) in [6.45, 7) is 5.04. The zero-order valence-corrected chi connectivity index (χ0v) is 12.3. The quantitative estimate of drug-likeness (QED) is 0.749. The van der Waals surface area contributed by atoms with Crippen molar-refractivity contribution in [2.45, 2.75) is 57.4 Å². The maximum Gasteiger partial charge on any atom is 0.0460 e. The molecule has 3 rings (SSSR count). The van der Waals surface area contributed by atoms with Crippen LogP contribution in [0.25, 0.3) is 0 Å². The van der Waals surface area contributed by atoms with Gasteiger partial charge in [-0.3, -0.25) is 4.90 Å². The summed E-state index contributed by atoms with van der Waals surface area (Å²) >= 11 is 0. The molecule has 1 nitrogen and oxygen atoms in total. The van der Waals surface area contributed by atoms with Crippen molar-refractivity contribution in [3.63, 3.8) is 0 Å². The van der Waals surface area contributed by atoms with Crippen molar-refractivity contribution in [1.82, 2.24) is 4.90 Å². The van der Waals surface area contributed by atoms with Gasteiger partial charge >= 0.3 is 0 Å². The molecule has 104 valence electrons. The molecule has 2 aliphatic rings. The molecule has 1 saturated heterocycles. The van der Waals surface area contributed by atoms with E-state index >= 15 is 0 Å². The fraction of sp³-hybridized carbons (Fsp3) is 0.667. The van der Waals surface area contributed by atoms with Crippen LogP contribution in [-0.4, -0.2) is 18.0 Å². The van der Waals surface area contributed by atoms with E-state index in [-0.39, 0.29) is 0 Å². The van der Waals surface area contributed by atoms with Gasteiger partial charge in [-0.1, -0.05) is 43.7 Å². The summed E-state index contributed by atoms with van der Waals surface area (Å²) in [5.41, 5.74) is 1.93. The lowest BCUT2D eigenvalue weighted by Gasteiger charge is -2.50. The van der Waals surface area contributed by atoms with Crippen LogP contribution in [0.2, 0.25) is 0 Å². The Balaban J connectivity index is 1.91. The summed E-state index contributed by atoms with van der Waals surface area (Å²) in [7, 11) is 0. The minimum Gasteiger partial charge on any atom is -0.294 e. The number of hydrogen-bond donors (Lipinski definition) is 0. The van der Waals surface area contributed by atoms with Crippen molar-refractivity contribution >= 4 is 0 Å². The monoisotopic (exact) mass is 257 g/mol. The zero-order chi connectivity index (χ0) is 13.1. The first-order valence-electron chi connectivity index (χ1n) is 8.12. The average Bonchev–Trinajstić information content (AvgIpc) is 2.50. The van der Waals surface area contributed by atoms with Crippen molar-refractivity contribution in [3.05, 3.63) is 35.9 Å². The molecular formula is C18H27N. The second kappa shape index (κ2) is 5.66. The highest BCUT2D eigenvalue weighted by atomic mass is 15.2. The van der Waals surface area contributed by atoms with Gasteiger partial charge in [0.05, 0.1) is 0 Å². The summed E-state index contributed by atoms with van der Waals surface area (Å²) in [6, 6.07) is 11.3. The maximum absolute atomic E-state index is 2.82. The normalized spacial score (nSPS) is 33.2. The third-order valence-electron chi connectivity index (χ3n) is 5.37. The van der Waals surface area contributed by atoms with E-state index in [1.165, 1.54) is 58.0 Å². The largest absolute Gasteiger partial charge is 0.294 e. The predicted octanol–water partition coefficient (Wildman–Crippen LogP) is 4.58. The molecule has 19 heavy (non-hydrogen) atoms. The minimum atomic E-state index is 0.355. The predicted molar refractivity (Wildman–Crippen MR) is 81.2 cm³/mol. The lowest BCUT2D eigenvalue weighted by atomic mass is 9.71. The Morgan fingerprint density at radius 2 is 1.58 bits per heavy atom. The summed E-state index contributed by atoms with van der Waals surface area (Å²) in [4.78, 5) is 2.82. The van der Waals surface area contributed by atoms with Crippen molar-refractivity contribution in [1.29, 1.82) is 0 Å². The van der Waals surface area contributed by atoms with Gasteiger partial charge in [-0.15, -0.1) is 0 Å². The summed E-state index contributed by atoms with van der Waals surface area (Å²) in [6.07, 6.45) is 9.72. The Morgan fingerprint density at radius 1 is 0.947 bits per heavy atom. The Bertz CT molecular complexity index is 383. The highest BCUT2D eigenvalue weighted by Crippen LogP contribution is 2.45. The maximum atomic E-state index is 2.82. The van der Waals surface area contributed by atoms with Gasteiger partial charge in [0.2, 0.25) is 0 Å². The third-order valence-corrected chi connectivity index (χ3v) is 5.37. The standard InChI is InChI=1S/C18H27N/c1-16-10-12-18(13-11-16,17-8-4-2-5-9-17)19-14-6-3-7-15-19/h2,4-5,8-9,16H,3,6-7,10-15H2,1H3. The molecule has 2 fully saturated rings. The lowest BCUT2D eigenvalue weighted by molar-refractivity contribution is 0.0196. The first kappa shape index (κ1) is 13.2. The number of likely N-dealkylation sites (tertiary alicyclic amines) is 1. The van der Waals surface area contributed by atoms with Crippen LogP contribution in [0, 0.1) is 5.92 Å². The minimum absolute atomic E-state index is 0.355. The number of nitrogens with zero attached hydrogens (tertiary/aromatic N) is 1. The zero-order valence-electron chi connectivity index (χ0n) is 12.3. The average molecular weight is 257 g/mol. The van der Waals surface area contributed by atoms with Crippen LogP contribution in [0.1, 0.15) is 57.4 Å². The van der Waals surface area contributed by atoms with Crippen molar-refractivity contribution in [3.8, 4) is 0 Å². The smallest absolute Gasteiger partial charge is 0.0460 e. The molecule has 1 aromatic rings. The molecule has 0 N–H and O–H groups in total. The molecule has 1 heterocycles. The first-order chi connectivity index (χ1) is 9.31. The number of benzene rings is 1. The van der Waals surface area contributed by atoms with Crippen molar-refractivity contribution < 1.29 is 0 Å². The molecular weight excluding hydrogens is 230 g/mol. The number of piperidine rings is 1. The summed E-state index contributed by atoms with van der Waals surface area (Å²) in [5.74, 6) is 0.918. The van der Waals surface area contributed by atoms with E-state index in [9.17, 15) is 0 Å². The van der Waals surface area contributed by atoms with Gasteiger partial charge in [0.25, 0.3) is 0 Å². The molecule has 0 spiro atoms. The second-order valence-corrected chi connectivity index (χ2v) is 6.63. The summed E-state index contributed by atoms with van der Waals surface area (Å²) < 4.78 is 0. The van der Waals surface area contributed by atoms with Gasteiger partial charge < -0.3 is 0 Å². The molecule has 1 aliphatic heterocycles. The van der Waals surface area contributed by atoms with Crippen LogP contribution in [-0.2, 0) is 5.54 Å². The highest BCUT2D eigenvalue weighted by molar-refractivity contribution is 5.25. The van der Waals surface area contributed by atoms with Crippen LogP contribution >= 0.6 is 0 Å². The molecule has 0 amide bonds. The van der Waals surface area contributed by atoms with Gasteiger partial charge in [-0.05, 0) is 63.1 Å². The van der Waals surface area contributed by atoms with Crippen LogP contribution in [0.5, 0.6) is 0 Å². The van der Waals surface area contributed by atoms with E-state index in [2.05, 4.69) is 42.2 Å². The molecule has 0 atom stereocenters. The molecule has 1 aliphatic carbocycles. The van der Waals surface area contributed by atoms with Crippen LogP contribution in [0.4, 0.5) is 0 Å². The lowest BCUT2D eigenvalue weighted by Crippen LogP contribution is -2.50. The Morgan fingerprint density at radius 3 is 2.21 bits per heavy atom. The molecule has 1 aromatic carbocycles. The van der Waals surface area contributed by atoms with Gasteiger partial charge in [-0.2, -0.15) is 0 Å². The number of hydrogen-bond acceptors (Lipinski definition) is 1. The molecule has 1 heteroatoms. The van der Waals surface area contributed by atoms with E-state index in [4.69, 9.17) is 0 Å². The van der Waals surface area contributed by atoms with E-state index in [0.29, 0.717) is 5.54 Å². The second-order valence-electron chi connectivity index (χ2n) is 6.63. The van der Waals surface area contributed by atoms with Gasteiger partial charge in [0, 0.05) is 5.54 Å². The first-order valence-corrected chi connectivity index (χ1v) is 8.12. The highest BCUT2D eigenvalue weighted by Gasteiger charge is 2.40. The molecule has 0 aromatic heterocycles. The SMILES string of the molecule is CC1CCC(c2ccccc2)(N2CCCCC2)CC1. The molecule has 0 bridgehead atoms. The van der Waals surface area contributed by atoms with Crippen LogP contribution < -0.4 is 0 Å². The third kappa shape index (κ3) is 2.58. The van der Waals surface area contributed by atoms with Crippen molar-refractivity contribution in [2.24, 2.45) is 5.92 Å². The molecule has 0 unspecified atom stereocenters. The molecule has 1 saturated carbocycles. The Kier molecular flexibility index (Phi) is 3.93. The van der Waals surface area contributed by atoms with Crippen LogP contribution in [0.15, 0.2) is 30.3 Å². The van der Waals surface area contributed by atoms with E-state index in [1.54, 1.807) is 5.56 Å². The topological polar surface area (TPSA) is 3.24 Å². The van der Waals surface area contributed by atoms with Crippen LogP contribution in [0.3, 0.4) is 0 Å². The molecule has 0 radical (unpaired) electrons. The van der Waals surface area contributed by atoms with E-state index < -0.39 is 0 Å². The Labute approximate surface area is 118 Å². The van der Waals surface area contributed by atoms with Gasteiger partial charge in [0.15, 0.2) is 0 Å². The van der Waals surface area contributed by atoms with E-state index in [1.807, 2.05) is 0 Å². The summed E-state index contributed by atoms with van der Waals surface area (Å²) in [5, 5.41) is 0. The fourth-order valence-corrected chi connectivity index (χ4v) is 4.10. The van der Waals surface area contributed by atoms with Gasteiger partial charge in [-0.25, -0.2) is 0 Å². The Hall–Kier alpha value is -0.820.